The fourth-order valence-electron chi connectivity index (χ4n) is 5.01. The second kappa shape index (κ2) is 9.88. The number of urea groups is 1. The molecule has 0 saturated carbocycles. The van der Waals surface area contributed by atoms with Crippen molar-refractivity contribution in [2.45, 2.75) is 19.4 Å². The van der Waals surface area contributed by atoms with Crippen LogP contribution in [-0.4, -0.2) is 46.9 Å². The molecule has 0 radical (unpaired) electrons. The van der Waals surface area contributed by atoms with Gasteiger partial charge >= 0.3 is 6.03 Å². The van der Waals surface area contributed by atoms with E-state index in [1.165, 1.54) is 17.4 Å². The zero-order chi connectivity index (χ0) is 27.1. The zero-order valence-electron chi connectivity index (χ0n) is 21.1. The van der Waals surface area contributed by atoms with Crippen molar-refractivity contribution in [1.82, 2.24) is 15.2 Å². The number of carbonyl (C=O) groups is 3. The molecule has 10 heteroatoms. The predicted molar refractivity (Wildman–Crippen MR) is 151 cm³/mol. The lowest BCUT2D eigenvalue weighted by molar-refractivity contribution is -0.117. The maximum absolute atomic E-state index is 13.5. The number of aryl methyl sites for hydroxylation is 1. The Morgan fingerprint density at radius 2 is 1.97 bits per heavy atom. The molecular weight excluding hydrogens is 514 g/mol. The molecule has 2 aromatic carbocycles. The lowest BCUT2D eigenvalue weighted by Crippen LogP contribution is -2.38. The number of benzene rings is 2. The third-order valence-electron chi connectivity index (χ3n) is 6.84. The number of para-hydroxylation sites is 1. The third kappa shape index (κ3) is 4.48. The number of amides is 4. The molecule has 1 fully saturated rings. The first-order chi connectivity index (χ1) is 18.9. The summed E-state index contributed by atoms with van der Waals surface area (Å²) in [6, 6.07) is 16.4. The quantitative estimate of drug-likeness (QED) is 0.311. The van der Waals surface area contributed by atoms with Gasteiger partial charge in [-0.1, -0.05) is 24.8 Å². The van der Waals surface area contributed by atoms with Crippen LogP contribution >= 0.6 is 11.3 Å². The van der Waals surface area contributed by atoms with Gasteiger partial charge in [0.1, 0.15) is 21.2 Å². The molecule has 4 amide bonds. The van der Waals surface area contributed by atoms with E-state index in [9.17, 15) is 14.4 Å². The minimum atomic E-state index is -0.361. The molecule has 2 aromatic heterocycles. The number of carbonyl (C=O) groups excluding carboxylic acids is 3. The van der Waals surface area contributed by atoms with Crippen molar-refractivity contribution in [1.29, 1.82) is 0 Å². The van der Waals surface area contributed by atoms with Gasteiger partial charge in [-0.2, -0.15) is 0 Å². The molecule has 0 spiro atoms. The van der Waals surface area contributed by atoms with Gasteiger partial charge in [0.25, 0.3) is 5.91 Å². The Balaban J connectivity index is 1.31. The van der Waals surface area contributed by atoms with E-state index in [0.717, 1.165) is 16.7 Å². The third-order valence-corrected chi connectivity index (χ3v) is 7.92. The Bertz CT molecular complexity index is 1630. The summed E-state index contributed by atoms with van der Waals surface area (Å²) in [6.07, 6.45) is 3.52. The van der Waals surface area contributed by atoms with Gasteiger partial charge in [-0.15, -0.1) is 11.3 Å². The first-order valence-corrected chi connectivity index (χ1v) is 13.3. The van der Waals surface area contributed by atoms with Crippen LogP contribution in [0.5, 0.6) is 11.5 Å². The van der Waals surface area contributed by atoms with Crippen molar-refractivity contribution in [3.8, 4) is 11.5 Å². The smallest absolute Gasteiger partial charge is 0.331 e. The number of likely N-dealkylation sites (tertiary alicyclic amines) is 1. The van der Waals surface area contributed by atoms with Crippen molar-refractivity contribution in [3.05, 3.63) is 83.9 Å². The van der Waals surface area contributed by atoms with E-state index < -0.39 is 0 Å². The Morgan fingerprint density at radius 1 is 1.15 bits per heavy atom. The molecule has 0 unspecified atom stereocenters. The molecule has 196 valence electrons. The average Bonchev–Trinajstić information content (AvgIpc) is 3.55. The summed E-state index contributed by atoms with van der Waals surface area (Å²) in [5.41, 5.74) is 2.68. The highest BCUT2D eigenvalue weighted by Gasteiger charge is 2.36. The summed E-state index contributed by atoms with van der Waals surface area (Å²) < 4.78 is 5.96. The molecule has 4 aromatic rings. The molecule has 0 aliphatic carbocycles. The van der Waals surface area contributed by atoms with Gasteiger partial charge in [0.15, 0.2) is 0 Å². The van der Waals surface area contributed by atoms with Gasteiger partial charge in [-0.05, 0) is 61.4 Å². The fraction of sp³-hybridized carbons (Fsp3) is 0.172. The van der Waals surface area contributed by atoms with Crippen LogP contribution in [0, 0.1) is 6.92 Å². The Labute approximate surface area is 228 Å². The first-order valence-electron chi connectivity index (χ1n) is 12.5. The molecule has 0 bridgehead atoms. The lowest BCUT2D eigenvalue weighted by atomic mass is 10.1. The van der Waals surface area contributed by atoms with E-state index in [4.69, 9.17) is 4.74 Å². The van der Waals surface area contributed by atoms with Crippen molar-refractivity contribution < 1.29 is 19.1 Å². The van der Waals surface area contributed by atoms with Crippen molar-refractivity contribution >= 4 is 56.5 Å². The number of anilines is 3. The van der Waals surface area contributed by atoms with Crippen LogP contribution in [0.2, 0.25) is 0 Å². The highest BCUT2D eigenvalue weighted by molar-refractivity contribution is 7.21. The highest BCUT2D eigenvalue weighted by Crippen LogP contribution is 2.47. The number of ether oxygens (including phenoxy) is 1. The normalized spacial score (nSPS) is 16.2. The van der Waals surface area contributed by atoms with Crippen LogP contribution in [0.15, 0.2) is 73.4 Å². The second-order valence-corrected chi connectivity index (χ2v) is 10.4. The number of thiophene rings is 1. The summed E-state index contributed by atoms with van der Waals surface area (Å²) in [5.74, 6) is 0.935. The number of aromatic nitrogens is 1. The summed E-state index contributed by atoms with van der Waals surface area (Å²) in [4.78, 5) is 47.6. The van der Waals surface area contributed by atoms with Gasteiger partial charge in [0.05, 0.1) is 22.4 Å². The van der Waals surface area contributed by atoms with E-state index in [0.29, 0.717) is 52.0 Å². The molecule has 1 atom stereocenters. The van der Waals surface area contributed by atoms with E-state index in [-0.39, 0.29) is 23.9 Å². The maximum atomic E-state index is 13.5. The van der Waals surface area contributed by atoms with E-state index >= 15 is 0 Å². The van der Waals surface area contributed by atoms with Gasteiger partial charge in [-0.3, -0.25) is 14.5 Å². The SMILES string of the molecule is C=CC(=O)N[C@H]1CCN(C(=O)c2sc3nccc4c3c2NC(=O)N4c2ccc(Oc3ccccc3)cc2C)C1. The lowest BCUT2D eigenvalue weighted by Gasteiger charge is -2.30. The number of nitrogens with zero attached hydrogens (tertiary/aromatic N) is 3. The van der Waals surface area contributed by atoms with Crippen molar-refractivity contribution in [3.63, 3.8) is 0 Å². The van der Waals surface area contributed by atoms with E-state index in [1.807, 2.05) is 55.5 Å². The Hall–Kier alpha value is -4.70. The molecule has 2 aliphatic heterocycles. The number of hydrogen-bond acceptors (Lipinski definition) is 6. The van der Waals surface area contributed by atoms with Gasteiger partial charge in [-0.25, -0.2) is 9.78 Å². The predicted octanol–water partition coefficient (Wildman–Crippen LogP) is 5.60. The largest absolute Gasteiger partial charge is 0.457 e. The van der Waals surface area contributed by atoms with Crippen LogP contribution in [0.4, 0.5) is 21.9 Å². The Kier molecular flexibility index (Phi) is 6.24. The van der Waals surface area contributed by atoms with Crippen LogP contribution in [-0.2, 0) is 4.79 Å². The van der Waals surface area contributed by atoms with Crippen LogP contribution in [0.3, 0.4) is 0 Å². The first kappa shape index (κ1) is 24.6. The molecule has 9 nitrogen and oxygen atoms in total. The van der Waals surface area contributed by atoms with E-state index in [2.05, 4.69) is 22.2 Å². The average molecular weight is 540 g/mol. The minimum absolute atomic E-state index is 0.138. The molecule has 39 heavy (non-hydrogen) atoms. The zero-order valence-corrected chi connectivity index (χ0v) is 22.0. The number of rotatable bonds is 6. The van der Waals surface area contributed by atoms with Crippen LogP contribution in [0.25, 0.3) is 10.2 Å². The molecule has 1 saturated heterocycles. The van der Waals surface area contributed by atoms with Gasteiger partial charge in [0, 0.05) is 25.3 Å². The fourth-order valence-corrected chi connectivity index (χ4v) is 6.09. The van der Waals surface area contributed by atoms with Gasteiger partial charge < -0.3 is 20.3 Å². The molecule has 2 aliphatic rings. The molecule has 6 rings (SSSR count). The van der Waals surface area contributed by atoms with E-state index in [1.54, 1.807) is 22.1 Å². The summed E-state index contributed by atoms with van der Waals surface area (Å²) in [7, 11) is 0. The van der Waals surface area contributed by atoms with Crippen molar-refractivity contribution in [2.24, 2.45) is 0 Å². The standard InChI is InChI=1S/C29H25N5O4S/c1-3-23(35)31-18-12-14-33(16-18)28(36)26-25-24-22(11-13-30-27(24)39-26)34(29(37)32-25)21-10-9-20(15-17(21)2)38-19-7-5-4-6-8-19/h3-11,13,15,18H,1,12,14,16H2,2H3,(H,31,35)(H,32,37)/t18-/m0/s1. The molecular formula is C29H25N5O4S. The van der Waals surface area contributed by atoms with Gasteiger partial charge in [0.2, 0.25) is 5.91 Å². The molecule has 2 N–H and O–H groups in total. The molecule has 4 heterocycles. The maximum Gasteiger partial charge on any atom is 0.331 e. The highest BCUT2D eigenvalue weighted by atomic mass is 32.1. The second-order valence-electron chi connectivity index (χ2n) is 9.39. The van der Waals surface area contributed by atoms with Crippen molar-refractivity contribution in [2.75, 3.05) is 23.3 Å². The summed E-state index contributed by atoms with van der Waals surface area (Å²) in [5, 5.41) is 6.53. The monoisotopic (exact) mass is 539 g/mol. The van der Waals surface area contributed by atoms with Crippen LogP contribution < -0.4 is 20.3 Å². The number of hydrogen-bond donors (Lipinski definition) is 2. The Morgan fingerprint density at radius 3 is 2.74 bits per heavy atom. The summed E-state index contributed by atoms with van der Waals surface area (Å²) in [6.45, 7) is 6.30. The number of pyridine rings is 1. The summed E-state index contributed by atoms with van der Waals surface area (Å²) >= 11 is 1.26. The topological polar surface area (TPSA) is 104 Å². The number of nitrogens with one attached hydrogen (secondary N) is 2. The minimum Gasteiger partial charge on any atom is -0.457 e. The van der Waals surface area contributed by atoms with Crippen LogP contribution in [0.1, 0.15) is 21.7 Å².